The molecule has 0 radical (unpaired) electrons. The minimum Gasteiger partial charge on any atom is -0.493 e. The van der Waals surface area contributed by atoms with Crippen molar-refractivity contribution in [2.75, 3.05) is 13.2 Å². The van der Waals surface area contributed by atoms with Gasteiger partial charge in [0.15, 0.2) is 11.5 Å². The predicted molar refractivity (Wildman–Crippen MR) is 111 cm³/mol. The number of hydrogen-bond donors (Lipinski definition) is 1. The first-order valence-electron chi connectivity index (χ1n) is 9.70. The summed E-state index contributed by atoms with van der Waals surface area (Å²) >= 11 is 0. The maximum Gasteiger partial charge on any atom is 0.328 e. The molecule has 1 N–H and O–H groups in total. The number of carbonyl (C=O) groups is 1. The van der Waals surface area contributed by atoms with Crippen molar-refractivity contribution in [1.29, 1.82) is 0 Å². The summed E-state index contributed by atoms with van der Waals surface area (Å²) < 4.78 is 19.5. The Kier molecular flexibility index (Phi) is 5.98. The molecule has 0 fully saturated rings. The Labute approximate surface area is 174 Å². The molecule has 0 saturated heterocycles. The van der Waals surface area contributed by atoms with E-state index in [-0.39, 0.29) is 6.10 Å². The molecule has 0 bridgehead atoms. The summed E-state index contributed by atoms with van der Waals surface area (Å²) in [5.41, 5.74) is 1.71. The Morgan fingerprint density at radius 2 is 2.10 bits per heavy atom. The summed E-state index contributed by atoms with van der Waals surface area (Å²) in [5.74, 6) is 1.10. The van der Waals surface area contributed by atoms with Crippen molar-refractivity contribution in [3.8, 4) is 17.2 Å². The van der Waals surface area contributed by atoms with Crippen LogP contribution in [0.3, 0.4) is 0 Å². The molecule has 1 aliphatic heterocycles. The van der Waals surface area contributed by atoms with Crippen LogP contribution in [-0.2, 0) is 11.3 Å². The predicted octanol–water partition coefficient (Wildman–Crippen LogP) is 3.64. The summed E-state index contributed by atoms with van der Waals surface area (Å²) in [6.07, 6.45) is 6.78. The maximum atomic E-state index is 10.9. The number of rotatable bonds is 8. The van der Waals surface area contributed by atoms with Crippen molar-refractivity contribution in [1.82, 2.24) is 9.78 Å². The molecule has 7 heteroatoms. The van der Waals surface area contributed by atoms with Gasteiger partial charge in [0.05, 0.1) is 13.2 Å². The van der Waals surface area contributed by atoms with E-state index in [2.05, 4.69) is 5.10 Å². The molecule has 1 unspecified atom stereocenters. The van der Waals surface area contributed by atoms with Crippen LogP contribution in [0.2, 0.25) is 0 Å². The highest BCUT2D eigenvalue weighted by atomic mass is 16.6. The van der Waals surface area contributed by atoms with E-state index in [0.717, 1.165) is 23.1 Å². The number of hydrogen-bond acceptors (Lipinski definition) is 5. The lowest BCUT2D eigenvalue weighted by Gasteiger charge is -2.26. The molecule has 154 valence electrons. The van der Waals surface area contributed by atoms with E-state index in [4.69, 9.17) is 19.3 Å². The first kappa shape index (κ1) is 19.6. The molecular weight excluding hydrogens is 384 g/mol. The Hall–Kier alpha value is -3.74. The van der Waals surface area contributed by atoms with Crippen LogP contribution in [0.4, 0.5) is 0 Å². The second kappa shape index (κ2) is 9.17. The van der Waals surface area contributed by atoms with Gasteiger partial charge in [-0.15, -0.1) is 0 Å². The number of carboxylic acid groups (broad SMARTS) is 1. The fraction of sp³-hybridized carbons (Fsp3) is 0.217. The molecule has 3 aromatic rings. The van der Waals surface area contributed by atoms with Crippen LogP contribution in [0.1, 0.15) is 17.5 Å². The summed E-state index contributed by atoms with van der Waals surface area (Å²) in [4.78, 5) is 10.9. The van der Waals surface area contributed by atoms with Crippen LogP contribution in [0.5, 0.6) is 17.2 Å². The van der Waals surface area contributed by atoms with Crippen molar-refractivity contribution in [3.05, 3.63) is 78.1 Å². The van der Waals surface area contributed by atoms with E-state index in [1.54, 1.807) is 6.20 Å². The SMILES string of the molecule is O=C(O)/C=C/c1ccc(Cn2cccn2)cc1OCCC1COc2ccccc2O1. The van der Waals surface area contributed by atoms with E-state index < -0.39 is 5.97 Å². The number of fused-ring (bicyclic) bond motifs is 1. The number of aliphatic carboxylic acids is 1. The molecule has 1 atom stereocenters. The van der Waals surface area contributed by atoms with Gasteiger partial charge in [-0.1, -0.05) is 24.3 Å². The number of para-hydroxylation sites is 2. The number of benzene rings is 2. The molecule has 1 aromatic heterocycles. The van der Waals surface area contributed by atoms with Gasteiger partial charge in [0.1, 0.15) is 18.5 Å². The second-order valence-corrected chi connectivity index (χ2v) is 6.88. The molecular formula is C23H22N2O5. The first-order chi connectivity index (χ1) is 14.7. The molecule has 0 saturated carbocycles. The maximum absolute atomic E-state index is 10.9. The van der Waals surface area contributed by atoms with E-state index in [1.165, 1.54) is 6.08 Å². The van der Waals surface area contributed by atoms with Crippen molar-refractivity contribution >= 4 is 12.0 Å². The largest absolute Gasteiger partial charge is 0.493 e. The molecule has 0 spiro atoms. The van der Waals surface area contributed by atoms with Crippen molar-refractivity contribution in [2.24, 2.45) is 0 Å². The number of nitrogens with zero attached hydrogens (tertiary/aromatic N) is 2. The molecule has 0 amide bonds. The third kappa shape index (κ3) is 5.00. The minimum absolute atomic E-state index is 0.106. The van der Waals surface area contributed by atoms with E-state index in [9.17, 15) is 4.79 Å². The van der Waals surface area contributed by atoms with E-state index in [1.807, 2.05) is 59.4 Å². The quantitative estimate of drug-likeness (QED) is 0.575. The van der Waals surface area contributed by atoms with Crippen LogP contribution in [0, 0.1) is 0 Å². The average Bonchev–Trinajstić information content (AvgIpc) is 3.26. The third-order valence-electron chi connectivity index (χ3n) is 4.65. The average molecular weight is 406 g/mol. The van der Waals surface area contributed by atoms with Crippen LogP contribution >= 0.6 is 0 Å². The smallest absolute Gasteiger partial charge is 0.328 e. The molecule has 2 aromatic carbocycles. The van der Waals surface area contributed by atoms with Gasteiger partial charge in [-0.25, -0.2) is 4.79 Å². The number of carboxylic acids is 1. The van der Waals surface area contributed by atoms with Crippen LogP contribution < -0.4 is 14.2 Å². The highest BCUT2D eigenvalue weighted by Gasteiger charge is 2.20. The van der Waals surface area contributed by atoms with Gasteiger partial charge >= 0.3 is 5.97 Å². The van der Waals surface area contributed by atoms with Gasteiger partial charge in [-0.2, -0.15) is 5.10 Å². The fourth-order valence-corrected chi connectivity index (χ4v) is 3.19. The van der Waals surface area contributed by atoms with Gasteiger partial charge in [-0.3, -0.25) is 4.68 Å². The second-order valence-electron chi connectivity index (χ2n) is 6.88. The van der Waals surface area contributed by atoms with Crippen LogP contribution in [0.25, 0.3) is 6.08 Å². The van der Waals surface area contributed by atoms with Gasteiger partial charge in [0, 0.05) is 30.5 Å². The van der Waals surface area contributed by atoms with E-state index in [0.29, 0.717) is 37.5 Å². The van der Waals surface area contributed by atoms with Crippen molar-refractivity contribution in [2.45, 2.75) is 19.1 Å². The molecule has 7 nitrogen and oxygen atoms in total. The number of aromatic nitrogens is 2. The molecule has 2 heterocycles. The lowest BCUT2D eigenvalue weighted by molar-refractivity contribution is -0.131. The third-order valence-corrected chi connectivity index (χ3v) is 4.65. The zero-order chi connectivity index (χ0) is 20.8. The molecule has 4 rings (SSSR count). The summed E-state index contributed by atoms with van der Waals surface area (Å²) in [5, 5.41) is 13.2. The van der Waals surface area contributed by atoms with E-state index >= 15 is 0 Å². The fourth-order valence-electron chi connectivity index (χ4n) is 3.19. The lowest BCUT2D eigenvalue weighted by Crippen LogP contribution is -2.30. The Bertz CT molecular complexity index is 1030. The first-order valence-corrected chi connectivity index (χ1v) is 9.70. The van der Waals surface area contributed by atoms with Crippen molar-refractivity contribution < 1.29 is 24.1 Å². The lowest BCUT2D eigenvalue weighted by atomic mass is 10.1. The zero-order valence-corrected chi connectivity index (χ0v) is 16.3. The highest BCUT2D eigenvalue weighted by molar-refractivity contribution is 5.85. The minimum atomic E-state index is -1.01. The summed E-state index contributed by atoms with van der Waals surface area (Å²) in [6, 6.07) is 15.2. The molecule has 1 aliphatic rings. The molecule has 30 heavy (non-hydrogen) atoms. The van der Waals surface area contributed by atoms with Gasteiger partial charge in [0.2, 0.25) is 0 Å². The van der Waals surface area contributed by atoms with Crippen molar-refractivity contribution in [3.63, 3.8) is 0 Å². The Morgan fingerprint density at radius 3 is 2.90 bits per heavy atom. The van der Waals surface area contributed by atoms with Gasteiger partial charge < -0.3 is 19.3 Å². The van der Waals surface area contributed by atoms with Gasteiger partial charge in [0.25, 0.3) is 0 Å². The van der Waals surface area contributed by atoms with Crippen LogP contribution in [-0.4, -0.2) is 40.2 Å². The Morgan fingerprint density at radius 1 is 1.23 bits per heavy atom. The Balaban J connectivity index is 1.42. The summed E-state index contributed by atoms with van der Waals surface area (Å²) in [6.45, 7) is 1.48. The monoisotopic (exact) mass is 406 g/mol. The topological polar surface area (TPSA) is 82.8 Å². The summed E-state index contributed by atoms with van der Waals surface area (Å²) in [7, 11) is 0. The highest BCUT2D eigenvalue weighted by Crippen LogP contribution is 2.31. The zero-order valence-electron chi connectivity index (χ0n) is 16.3. The molecule has 0 aliphatic carbocycles. The van der Waals surface area contributed by atoms with Gasteiger partial charge in [-0.05, 0) is 35.9 Å². The standard InChI is InChI=1S/C23H22N2O5/c26-23(27)9-8-18-7-6-17(15-25-12-3-11-24-25)14-22(18)28-13-10-19-16-29-20-4-1-2-5-21(20)30-19/h1-9,11-12,14,19H,10,13,15-16H2,(H,26,27)/b9-8+. The van der Waals surface area contributed by atoms with Crippen LogP contribution in [0.15, 0.2) is 67.0 Å². The normalized spacial score (nSPS) is 15.3. The number of ether oxygens (including phenoxy) is 3.